The van der Waals surface area contributed by atoms with Gasteiger partial charge in [-0.25, -0.2) is 9.97 Å². The van der Waals surface area contributed by atoms with Crippen LogP contribution in [0.4, 0.5) is 20.5 Å². The number of aromatic nitrogens is 3. The highest BCUT2D eigenvalue weighted by atomic mass is 31.2. The van der Waals surface area contributed by atoms with Gasteiger partial charge in [-0.2, -0.15) is 8.78 Å². The Morgan fingerprint density at radius 2 is 1.97 bits per heavy atom. The molecule has 7 N–H and O–H groups in total. The number of benzene rings is 1. The van der Waals surface area contributed by atoms with Crippen molar-refractivity contribution in [1.29, 1.82) is 0 Å². The Morgan fingerprint density at radius 1 is 1.24 bits per heavy atom. The largest absolute Gasteiger partial charge is 0.394 e. The summed E-state index contributed by atoms with van der Waals surface area (Å²) >= 11 is 0. The number of pyridine rings is 1. The third-order valence-corrected chi connectivity index (χ3v) is 6.00. The van der Waals surface area contributed by atoms with Crippen LogP contribution in [0.15, 0.2) is 18.2 Å². The van der Waals surface area contributed by atoms with Crippen LogP contribution in [0.5, 0.6) is 0 Å². The molecule has 0 aliphatic rings. The van der Waals surface area contributed by atoms with Gasteiger partial charge in [0, 0.05) is 31.4 Å². The summed E-state index contributed by atoms with van der Waals surface area (Å²) in [6.45, 7) is 3.84. The average Bonchev–Trinajstić information content (AvgIpc) is 3.10. The van der Waals surface area contributed by atoms with Crippen LogP contribution in [0.1, 0.15) is 32.3 Å². The number of fused-ring (bicyclic) bond motifs is 3. The van der Waals surface area contributed by atoms with Crippen molar-refractivity contribution in [2.75, 3.05) is 30.8 Å². The van der Waals surface area contributed by atoms with Crippen LogP contribution in [-0.4, -0.2) is 60.9 Å². The van der Waals surface area contributed by atoms with Gasteiger partial charge in [-0.3, -0.25) is 4.57 Å². The molecule has 13 heteroatoms. The van der Waals surface area contributed by atoms with Crippen molar-refractivity contribution < 1.29 is 33.0 Å². The average molecular weight is 487 g/mol. The molecule has 10 nitrogen and oxygen atoms in total. The topological polar surface area (TPSA) is 167 Å². The molecule has 0 amide bonds. The number of nitrogens with one attached hydrogen (secondary N) is 2. The van der Waals surface area contributed by atoms with Crippen molar-refractivity contribution in [2.24, 2.45) is 0 Å². The van der Waals surface area contributed by atoms with Gasteiger partial charge in [0.1, 0.15) is 16.9 Å². The number of nitrogens with zero attached hydrogens (tertiary/aromatic N) is 2. The number of rotatable bonds is 11. The summed E-state index contributed by atoms with van der Waals surface area (Å²) in [5, 5.41) is 14.1. The molecule has 0 radical (unpaired) electrons. The lowest BCUT2D eigenvalue weighted by Gasteiger charge is -2.18. The lowest BCUT2D eigenvalue weighted by molar-refractivity contribution is 0.0368. The predicted octanol–water partition coefficient (Wildman–Crippen LogP) is 2.99. The van der Waals surface area contributed by atoms with Crippen molar-refractivity contribution >= 4 is 41.3 Å². The van der Waals surface area contributed by atoms with E-state index >= 15 is 0 Å². The Kier molecular flexibility index (Phi) is 7.25. The van der Waals surface area contributed by atoms with E-state index in [0.29, 0.717) is 35.5 Å². The zero-order valence-electron chi connectivity index (χ0n) is 18.3. The Hall–Kier alpha value is -2.37. The first-order valence-electron chi connectivity index (χ1n) is 10.3. The smallest absolute Gasteiger partial charge is 0.390 e. The normalized spacial score (nSPS) is 13.2. The molecule has 0 unspecified atom stereocenters. The van der Waals surface area contributed by atoms with E-state index < -0.39 is 25.3 Å². The molecule has 1 aromatic carbocycles. The highest BCUT2D eigenvalue weighted by molar-refractivity contribution is 7.53. The summed E-state index contributed by atoms with van der Waals surface area (Å²) in [4.78, 5) is 29.3. The van der Waals surface area contributed by atoms with E-state index in [1.165, 1.54) is 0 Å². The van der Waals surface area contributed by atoms with Gasteiger partial charge in [0.25, 0.3) is 0 Å². The SMILES string of the molecule is CC(C)(O)Cc1cccc2nc(N)c3[nH]c(NCCOCCCC(F)(F)P(=O)(O)O)nc3c12. The summed E-state index contributed by atoms with van der Waals surface area (Å²) in [6.07, 6.45) is -0.753. The predicted molar refractivity (Wildman–Crippen MR) is 121 cm³/mol. The number of ether oxygens (including phenoxy) is 1. The molecule has 3 rings (SSSR count). The molecule has 3 aromatic rings. The molecule has 0 aliphatic carbocycles. The first-order chi connectivity index (χ1) is 15.3. The molecular weight excluding hydrogens is 459 g/mol. The number of halogens is 2. The number of imidazole rings is 1. The van der Waals surface area contributed by atoms with Crippen molar-refractivity contribution in [3.8, 4) is 0 Å². The minimum Gasteiger partial charge on any atom is -0.390 e. The first-order valence-corrected chi connectivity index (χ1v) is 11.9. The van der Waals surface area contributed by atoms with Gasteiger partial charge in [0.2, 0.25) is 5.95 Å². The van der Waals surface area contributed by atoms with Crippen LogP contribution in [0, 0.1) is 0 Å². The number of hydrogen-bond acceptors (Lipinski definition) is 7. The maximum Gasteiger partial charge on any atom is 0.394 e. The van der Waals surface area contributed by atoms with E-state index in [2.05, 4.69) is 20.3 Å². The number of hydrogen-bond donors (Lipinski definition) is 6. The number of nitrogen functional groups attached to an aromatic ring is 1. The summed E-state index contributed by atoms with van der Waals surface area (Å²) in [5.41, 5.74) is 3.81. The molecule has 33 heavy (non-hydrogen) atoms. The summed E-state index contributed by atoms with van der Waals surface area (Å²) in [7, 11) is -5.46. The van der Waals surface area contributed by atoms with Crippen molar-refractivity contribution in [2.45, 2.75) is 44.4 Å². The number of H-pyrrole nitrogens is 1. The molecule has 2 heterocycles. The Balaban J connectivity index is 1.64. The fourth-order valence-electron chi connectivity index (χ4n) is 3.45. The van der Waals surface area contributed by atoms with Gasteiger partial charge >= 0.3 is 13.3 Å². The van der Waals surface area contributed by atoms with Gasteiger partial charge < -0.3 is 35.7 Å². The fraction of sp³-hybridized carbons (Fsp3) is 0.500. The van der Waals surface area contributed by atoms with Crippen LogP contribution < -0.4 is 11.1 Å². The number of anilines is 2. The van der Waals surface area contributed by atoms with Crippen LogP contribution in [0.2, 0.25) is 0 Å². The number of alkyl halides is 2. The quantitative estimate of drug-likeness (QED) is 0.176. The minimum absolute atomic E-state index is 0.0702. The molecule has 2 aromatic heterocycles. The Bertz CT molecular complexity index is 1180. The van der Waals surface area contributed by atoms with E-state index in [-0.39, 0.29) is 25.5 Å². The van der Waals surface area contributed by atoms with Gasteiger partial charge in [0.05, 0.1) is 17.7 Å². The molecular formula is C20H28F2N5O5P. The fourth-order valence-corrected chi connectivity index (χ4v) is 3.90. The third-order valence-electron chi connectivity index (χ3n) is 4.92. The second-order valence-corrected chi connectivity index (χ2v) is 10.2. The zero-order chi connectivity index (χ0) is 24.4. The molecule has 0 aliphatic heterocycles. The van der Waals surface area contributed by atoms with Crippen LogP contribution in [0.3, 0.4) is 0 Å². The van der Waals surface area contributed by atoms with Crippen LogP contribution in [-0.2, 0) is 15.7 Å². The van der Waals surface area contributed by atoms with Crippen molar-refractivity contribution in [1.82, 2.24) is 15.0 Å². The third kappa shape index (κ3) is 6.15. The molecule has 0 atom stereocenters. The Labute approximate surface area is 188 Å². The maximum atomic E-state index is 13.2. The minimum atomic E-state index is -5.46. The number of aromatic amines is 1. The highest BCUT2D eigenvalue weighted by Crippen LogP contribution is 2.55. The van der Waals surface area contributed by atoms with Crippen LogP contribution >= 0.6 is 7.60 Å². The maximum absolute atomic E-state index is 13.2. The summed E-state index contributed by atoms with van der Waals surface area (Å²) in [5.74, 6) is 0.696. The van der Waals surface area contributed by atoms with Gasteiger partial charge in [0.15, 0.2) is 0 Å². The van der Waals surface area contributed by atoms with E-state index in [4.69, 9.17) is 20.3 Å². The highest BCUT2D eigenvalue weighted by Gasteiger charge is 2.47. The number of aliphatic hydroxyl groups is 1. The lowest BCUT2D eigenvalue weighted by Crippen LogP contribution is -2.22. The number of nitrogens with two attached hydrogens (primary N) is 1. The molecule has 0 bridgehead atoms. The van der Waals surface area contributed by atoms with E-state index in [9.17, 15) is 18.5 Å². The molecule has 0 spiro atoms. The molecule has 0 saturated carbocycles. The van der Waals surface area contributed by atoms with Gasteiger partial charge in [-0.1, -0.05) is 12.1 Å². The van der Waals surface area contributed by atoms with Crippen molar-refractivity contribution in [3.63, 3.8) is 0 Å². The van der Waals surface area contributed by atoms with Gasteiger partial charge in [-0.05, 0) is 31.9 Å². The van der Waals surface area contributed by atoms with E-state index in [1.54, 1.807) is 13.8 Å². The van der Waals surface area contributed by atoms with E-state index in [0.717, 1.165) is 10.9 Å². The molecule has 182 valence electrons. The monoisotopic (exact) mass is 487 g/mol. The standard InChI is InChI=1S/C20H28F2N5O5P/c1-19(2,28)11-12-5-3-6-13-14(12)15-16(17(23)25-13)27-18(26-15)24-8-10-32-9-4-7-20(21,22)33(29,30)31/h3,5-6,28H,4,7-11H2,1-2H3,(H2,23,25)(H2,24,26,27)(H2,29,30,31). The second-order valence-electron chi connectivity index (χ2n) is 8.46. The second kappa shape index (κ2) is 9.47. The summed E-state index contributed by atoms with van der Waals surface area (Å²) in [6, 6.07) is 5.58. The van der Waals surface area contributed by atoms with Gasteiger partial charge in [-0.15, -0.1) is 0 Å². The Morgan fingerprint density at radius 3 is 2.64 bits per heavy atom. The first kappa shape index (κ1) is 25.3. The van der Waals surface area contributed by atoms with E-state index in [1.807, 2.05) is 18.2 Å². The molecule has 0 saturated heterocycles. The molecule has 0 fully saturated rings. The zero-order valence-corrected chi connectivity index (χ0v) is 19.2. The van der Waals surface area contributed by atoms with Crippen molar-refractivity contribution in [3.05, 3.63) is 23.8 Å². The van der Waals surface area contributed by atoms with Crippen LogP contribution in [0.25, 0.3) is 21.9 Å². The lowest BCUT2D eigenvalue weighted by atomic mass is 9.95. The summed E-state index contributed by atoms with van der Waals surface area (Å²) < 4.78 is 42.4.